The number of nitrogens with zero attached hydrogens (tertiary/aromatic N) is 2. The van der Waals surface area contributed by atoms with Gasteiger partial charge in [-0.15, -0.1) is 11.6 Å². The number of anilines is 1. The summed E-state index contributed by atoms with van der Waals surface area (Å²) in [6, 6.07) is 1.65. The van der Waals surface area contributed by atoms with E-state index in [1.165, 1.54) is 0 Å². The maximum atomic E-state index is 14.2. The number of alkyl halides is 1. The molecule has 2 heterocycles. The molecule has 1 fully saturated rings. The second-order valence-corrected chi connectivity index (χ2v) is 6.64. The molecule has 0 bridgehead atoms. The molecule has 0 unspecified atom stereocenters. The van der Waals surface area contributed by atoms with E-state index in [9.17, 15) is 4.39 Å². The molecule has 0 saturated carbocycles. The van der Waals surface area contributed by atoms with Crippen LogP contribution in [0.4, 0.5) is 10.2 Å². The molecule has 1 aromatic rings. The SMILES string of the molecule is CC(C)(C)C1CCN(c2nccc(CCl)c2F)CC1. The molecule has 0 aliphatic carbocycles. The molecule has 0 spiro atoms. The fourth-order valence-corrected chi connectivity index (χ4v) is 2.96. The summed E-state index contributed by atoms with van der Waals surface area (Å²) in [5.74, 6) is 1.10. The van der Waals surface area contributed by atoms with E-state index in [0.29, 0.717) is 22.7 Å². The Morgan fingerprint density at radius 3 is 2.53 bits per heavy atom. The number of hydrogen-bond donors (Lipinski definition) is 0. The van der Waals surface area contributed by atoms with Crippen LogP contribution >= 0.6 is 11.6 Å². The fraction of sp³-hybridized carbons (Fsp3) is 0.667. The maximum absolute atomic E-state index is 14.2. The second kappa shape index (κ2) is 5.66. The summed E-state index contributed by atoms with van der Waals surface area (Å²) in [4.78, 5) is 6.24. The molecule has 1 aliphatic heterocycles. The zero-order valence-electron chi connectivity index (χ0n) is 11.9. The van der Waals surface area contributed by atoms with Crippen molar-refractivity contribution in [3.63, 3.8) is 0 Å². The van der Waals surface area contributed by atoms with Gasteiger partial charge in [-0.1, -0.05) is 20.8 Å². The normalized spacial score (nSPS) is 17.8. The molecule has 0 aromatic carbocycles. The topological polar surface area (TPSA) is 16.1 Å². The molecule has 0 radical (unpaired) electrons. The summed E-state index contributed by atoms with van der Waals surface area (Å²) >= 11 is 5.74. The first-order valence-corrected chi connectivity index (χ1v) is 7.41. The molecule has 0 atom stereocenters. The van der Waals surface area contributed by atoms with Crippen molar-refractivity contribution in [1.82, 2.24) is 4.98 Å². The van der Waals surface area contributed by atoms with E-state index in [-0.39, 0.29) is 11.7 Å². The predicted octanol–water partition coefficient (Wildman–Crippen LogP) is 4.22. The van der Waals surface area contributed by atoms with Gasteiger partial charge in [0.1, 0.15) is 0 Å². The summed E-state index contributed by atoms with van der Waals surface area (Å²) in [5, 5.41) is 0. The quantitative estimate of drug-likeness (QED) is 0.756. The molecular formula is C15H22ClFN2. The van der Waals surface area contributed by atoms with Crippen LogP contribution in [-0.2, 0) is 5.88 Å². The minimum atomic E-state index is -0.258. The van der Waals surface area contributed by atoms with E-state index in [0.717, 1.165) is 25.9 Å². The van der Waals surface area contributed by atoms with Crippen molar-refractivity contribution >= 4 is 17.4 Å². The Morgan fingerprint density at radius 1 is 1.37 bits per heavy atom. The molecule has 19 heavy (non-hydrogen) atoms. The Labute approximate surface area is 120 Å². The van der Waals surface area contributed by atoms with Gasteiger partial charge >= 0.3 is 0 Å². The van der Waals surface area contributed by atoms with Crippen LogP contribution < -0.4 is 4.90 Å². The van der Waals surface area contributed by atoms with Gasteiger partial charge in [0, 0.05) is 24.8 Å². The second-order valence-electron chi connectivity index (χ2n) is 6.37. The number of pyridine rings is 1. The smallest absolute Gasteiger partial charge is 0.170 e. The number of piperidine rings is 1. The number of halogens is 2. The van der Waals surface area contributed by atoms with E-state index < -0.39 is 0 Å². The van der Waals surface area contributed by atoms with Crippen molar-refractivity contribution in [3.05, 3.63) is 23.6 Å². The Hall–Kier alpha value is -0.830. The van der Waals surface area contributed by atoms with Gasteiger partial charge in [0.2, 0.25) is 0 Å². The fourth-order valence-electron chi connectivity index (χ4n) is 2.75. The van der Waals surface area contributed by atoms with Gasteiger partial charge in [-0.3, -0.25) is 0 Å². The van der Waals surface area contributed by atoms with Crippen LogP contribution in [0.15, 0.2) is 12.3 Å². The predicted molar refractivity (Wildman–Crippen MR) is 78.1 cm³/mol. The van der Waals surface area contributed by atoms with Gasteiger partial charge < -0.3 is 4.90 Å². The average Bonchev–Trinajstić information content (AvgIpc) is 2.38. The van der Waals surface area contributed by atoms with Crippen molar-refractivity contribution in [2.24, 2.45) is 11.3 Å². The summed E-state index contributed by atoms with van der Waals surface area (Å²) < 4.78 is 14.2. The minimum absolute atomic E-state index is 0.194. The highest BCUT2D eigenvalue weighted by molar-refractivity contribution is 6.17. The van der Waals surface area contributed by atoms with Crippen molar-refractivity contribution in [3.8, 4) is 0 Å². The first-order chi connectivity index (χ1) is 8.93. The Morgan fingerprint density at radius 2 is 2.00 bits per heavy atom. The largest absolute Gasteiger partial charge is 0.354 e. The van der Waals surface area contributed by atoms with Gasteiger partial charge in [0.15, 0.2) is 11.6 Å². The molecule has 0 N–H and O–H groups in total. The van der Waals surface area contributed by atoms with Crippen molar-refractivity contribution < 1.29 is 4.39 Å². The molecule has 1 aromatic heterocycles. The molecule has 4 heteroatoms. The number of hydrogen-bond acceptors (Lipinski definition) is 2. The third-order valence-corrected chi connectivity index (χ3v) is 4.40. The molecular weight excluding hydrogens is 263 g/mol. The highest BCUT2D eigenvalue weighted by Gasteiger charge is 2.30. The van der Waals surface area contributed by atoms with Crippen LogP contribution in [0.2, 0.25) is 0 Å². The number of aromatic nitrogens is 1. The lowest BCUT2D eigenvalue weighted by atomic mass is 9.75. The maximum Gasteiger partial charge on any atom is 0.170 e. The monoisotopic (exact) mass is 284 g/mol. The third kappa shape index (κ3) is 3.19. The Balaban J connectivity index is 2.10. The Bertz CT molecular complexity index is 434. The average molecular weight is 285 g/mol. The van der Waals surface area contributed by atoms with Gasteiger partial charge in [-0.2, -0.15) is 0 Å². The lowest BCUT2D eigenvalue weighted by molar-refractivity contribution is 0.198. The van der Waals surface area contributed by atoms with Crippen LogP contribution in [-0.4, -0.2) is 18.1 Å². The lowest BCUT2D eigenvalue weighted by Crippen LogP contribution is -2.38. The Kier molecular flexibility index (Phi) is 4.34. The van der Waals surface area contributed by atoms with E-state index in [1.54, 1.807) is 12.3 Å². The molecule has 1 aliphatic rings. The van der Waals surface area contributed by atoms with Crippen LogP contribution in [0.1, 0.15) is 39.2 Å². The molecule has 1 saturated heterocycles. The highest BCUT2D eigenvalue weighted by atomic mass is 35.5. The van der Waals surface area contributed by atoms with Gasteiger partial charge in [-0.05, 0) is 30.2 Å². The zero-order valence-corrected chi connectivity index (χ0v) is 12.7. The van der Waals surface area contributed by atoms with E-state index in [4.69, 9.17) is 11.6 Å². The van der Waals surface area contributed by atoms with Crippen LogP contribution in [0.25, 0.3) is 0 Å². The third-order valence-electron chi connectivity index (χ3n) is 4.11. The molecule has 0 amide bonds. The number of rotatable bonds is 2. The van der Waals surface area contributed by atoms with Crippen molar-refractivity contribution in [2.75, 3.05) is 18.0 Å². The summed E-state index contributed by atoms with van der Waals surface area (Å²) in [6.07, 6.45) is 3.83. The van der Waals surface area contributed by atoms with Crippen LogP contribution in [0, 0.1) is 17.2 Å². The van der Waals surface area contributed by atoms with E-state index in [2.05, 4.69) is 25.8 Å². The van der Waals surface area contributed by atoms with Gasteiger partial charge in [0.25, 0.3) is 0 Å². The summed E-state index contributed by atoms with van der Waals surface area (Å²) in [6.45, 7) is 8.58. The highest BCUT2D eigenvalue weighted by Crippen LogP contribution is 2.35. The summed E-state index contributed by atoms with van der Waals surface area (Å²) in [5.41, 5.74) is 0.861. The van der Waals surface area contributed by atoms with Gasteiger partial charge in [0.05, 0.1) is 5.88 Å². The first kappa shape index (κ1) is 14.6. The molecule has 106 valence electrons. The molecule has 2 rings (SSSR count). The van der Waals surface area contributed by atoms with E-state index in [1.807, 2.05) is 4.90 Å². The van der Waals surface area contributed by atoms with Crippen LogP contribution in [0.5, 0.6) is 0 Å². The first-order valence-electron chi connectivity index (χ1n) is 6.87. The zero-order chi connectivity index (χ0) is 14.0. The van der Waals surface area contributed by atoms with E-state index >= 15 is 0 Å². The molecule has 2 nitrogen and oxygen atoms in total. The lowest BCUT2D eigenvalue weighted by Gasteiger charge is -2.39. The van der Waals surface area contributed by atoms with Gasteiger partial charge in [-0.25, -0.2) is 9.37 Å². The van der Waals surface area contributed by atoms with Crippen molar-refractivity contribution in [2.45, 2.75) is 39.5 Å². The van der Waals surface area contributed by atoms with Crippen molar-refractivity contribution in [1.29, 1.82) is 0 Å². The van der Waals surface area contributed by atoms with Crippen LogP contribution in [0.3, 0.4) is 0 Å². The minimum Gasteiger partial charge on any atom is -0.354 e. The standard InChI is InChI=1S/C15H22ClFN2/c1-15(2,3)12-5-8-19(9-6-12)14-13(17)11(10-16)4-7-18-14/h4,7,12H,5-6,8-10H2,1-3H3. The summed E-state index contributed by atoms with van der Waals surface area (Å²) in [7, 11) is 0.